The van der Waals surface area contributed by atoms with Gasteiger partial charge in [0.15, 0.2) is 5.82 Å². The highest BCUT2D eigenvalue weighted by molar-refractivity contribution is 7.08. The van der Waals surface area contributed by atoms with E-state index in [4.69, 9.17) is 11.6 Å². The Labute approximate surface area is 111 Å². The lowest BCUT2D eigenvalue weighted by Crippen LogP contribution is -2.00. The Balaban J connectivity index is 2.42. The van der Waals surface area contributed by atoms with Gasteiger partial charge in [-0.15, -0.1) is 0 Å². The molecule has 0 aliphatic rings. The predicted octanol–water partition coefficient (Wildman–Crippen LogP) is 4.37. The number of aryl methyl sites for hydroxylation is 1. The molecular formula is C13H15ClN2S. The minimum atomic E-state index is 0.524. The molecule has 0 atom stereocenters. The summed E-state index contributed by atoms with van der Waals surface area (Å²) in [4.78, 5) is 8.89. The van der Waals surface area contributed by atoms with Gasteiger partial charge in [0, 0.05) is 16.6 Å². The summed E-state index contributed by atoms with van der Waals surface area (Å²) >= 11 is 7.72. The lowest BCUT2D eigenvalue weighted by atomic mass is 10.1. The first-order valence-electron chi connectivity index (χ1n) is 5.63. The van der Waals surface area contributed by atoms with Crippen LogP contribution in [0.2, 0.25) is 5.15 Å². The fourth-order valence-corrected chi connectivity index (χ4v) is 2.73. The van der Waals surface area contributed by atoms with E-state index < -0.39 is 0 Å². The van der Waals surface area contributed by atoms with E-state index in [-0.39, 0.29) is 0 Å². The van der Waals surface area contributed by atoms with E-state index in [0.29, 0.717) is 11.1 Å². The second-order valence-corrected chi connectivity index (χ2v) is 5.70. The number of thiophene rings is 1. The Morgan fingerprint density at radius 1 is 1.29 bits per heavy atom. The number of hydrogen-bond acceptors (Lipinski definition) is 3. The monoisotopic (exact) mass is 266 g/mol. The maximum Gasteiger partial charge on any atom is 0.162 e. The molecule has 0 N–H and O–H groups in total. The fourth-order valence-electron chi connectivity index (χ4n) is 1.70. The van der Waals surface area contributed by atoms with Crippen molar-refractivity contribution in [2.45, 2.75) is 27.2 Å². The van der Waals surface area contributed by atoms with Crippen molar-refractivity contribution >= 4 is 22.9 Å². The van der Waals surface area contributed by atoms with Crippen LogP contribution in [0.1, 0.15) is 25.1 Å². The van der Waals surface area contributed by atoms with Gasteiger partial charge in [0.25, 0.3) is 0 Å². The molecule has 90 valence electrons. The predicted molar refractivity (Wildman–Crippen MR) is 73.6 cm³/mol. The van der Waals surface area contributed by atoms with Crippen molar-refractivity contribution in [2.24, 2.45) is 5.92 Å². The third-order valence-electron chi connectivity index (χ3n) is 2.46. The average molecular weight is 267 g/mol. The van der Waals surface area contributed by atoms with Crippen LogP contribution in [0.3, 0.4) is 0 Å². The molecule has 0 bridgehead atoms. The first-order valence-corrected chi connectivity index (χ1v) is 6.95. The van der Waals surface area contributed by atoms with Gasteiger partial charge in [-0.1, -0.05) is 25.4 Å². The van der Waals surface area contributed by atoms with Gasteiger partial charge < -0.3 is 0 Å². The van der Waals surface area contributed by atoms with Crippen LogP contribution in [0.25, 0.3) is 11.4 Å². The summed E-state index contributed by atoms with van der Waals surface area (Å²) in [6, 6.07) is 1.85. The molecular weight excluding hydrogens is 252 g/mol. The third kappa shape index (κ3) is 3.05. The van der Waals surface area contributed by atoms with Crippen molar-refractivity contribution in [3.8, 4) is 11.4 Å². The van der Waals surface area contributed by atoms with Gasteiger partial charge >= 0.3 is 0 Å². The topological polar surface area (TPSA) is 25.8 Å². The molecule has 0 saturated heterocycles. The number of hydrogen-bond donors (Lipinski definition) is 0. The zero-order valence-corrected chi connectivity index (χ0v) is 11.8. The van der Waals surface area contributed by atoms with Gasteiger partial charge in [-0.2, -0.15) is 11.3 Å². The van der Waals surface area contributed by atoms with Gasteiger partial charge in [-0.05, 0) is 36.3 Å². The first-order chi connectivity index (χ1) is 8.06. The summed E-state index contributed by atoms with van der Waals surface area (Å²) in [7, 11) is 0. The first kappa shape index (κ1) is 12.5. The second-order valence-electron chi connectivity index (χ2n) is 4.57. The maximum absolute atomic E-state index is 6.05. The molecule has 0 aromatic carbocycles. The molecule has 2 aromatic rings. The Bertz CT molecular complexity index is 520. The number of nitrogens with zero attached hydrogens (tertiary/aromatic N) is 2. The van der Waals surface area contributed by atoms with Gasteiger partial charge in [-0.3, -0.25) is 0 Å². The van der Waals surface area contributed by atoms with E-state index >= 15 is 0 Å². The normalized spacial score (nSPS) is 11.1. The molecule has 0 aliphatic carbocycles. The van der Waals surface area contributed by atoms with E-state index in [2.05, 4.69) is 41.5 Å². The van der Waals surface area contributed by atoms with Crippen LogP contribution in [0.5, 0.6) is 0 Å². The Kier molecular flexibility index (Phi) is 3.79. The molecule has 0 spiro atoms. The van der Waals surface area contributed by atoms with Gasteiger partial charge in [-0.25, -0.2) is 9.97 Å². The molecule has 0 fully saturated rings. The van der Waals surface area contributed by atoms with Crippen molar-refractivity contribution in [2.75, 3.05) is 0 Å². The zero-order valence-electron chi connectivity index (χ0n) is 10.2. The summed E-state index contributed by atoms with van der Waals surface area (Å²) < 4.78 is 0. The van der Waals surface area contributed by atoms with Crippen LogP contribution in [0.15, 0.2) is 16.8 Å². The van der Waals surface area contributed by atoms with E-state index in [1.165, 1.54) is 5.56 Å². The quantitative estimate of drug-likeness (QED) is 0.771. The minimum Gasteiger partial charge on any atom is -0.233 e. The van der Waals surface area contributed by atoms with Crippen molar-refractivity contribution in [1.29, 1.82) is 0 Å². The van der Waals surface area contributed by atoms with Crippen LogP contribution >= 0.6 is 22.9 Å². The van der Waals surface area contributed by atoms with E-state index in [0.717, 1.165) is 23.5 Å². The average Bonchev–Trinajstić information content (AvgIpc) is 2.62. The standard InChI is InChI=1S/C13H15ClN2S/c1-8(2)4-10-5-12(14)16-13(15-10)11-7-17-6-9(11)3/h5-8H,4H2,1-3H3. The highest BCUT2D eigenvalue weighted by Gasteiger charge is 2.10. The number of halogens is 1. The van der Waals surface area contributed by atoms with Crippen molar-refractivity contribution < 1.29 is 0 Å². The maximum atomic E-state index is 6.05. The summed E-state index contributed by atoms with van der Waals surface area (Å²) in [5.41, 5.74) is 3.30. The molecule has 2 rings (SSSR count). The summed E-state index contributed by atoms with van der Waals surface area (Å²) in [5, 5.41) is 4.69. The third-order valence-corrected chi connectivity index (χ3v) is 3.52. The molecule has 2 aromatic heterocycles. The molecule has 17 heavy (non-hydrogen) atoms. The van der Waals surface area contributed by atoms with Crippen LogP contribution in [0.4, 0.5) is 0 Å². The zero-order chi connectivity index (χ0) is 12.4. The van der Waals surface area contributed by atoms with E-state index in [1.54, 1.807) is 11.3 Å². The number of rotatable bonds is 3. The Morgan fingerprint density at radius 2 is 2.06 bits per heavy atom. The summed E-state index contributed by atoms with van der Waals surface area (Å²) in [6.45, 7) is 6.41. The van der Waals surface area contributed by atoms with Crippen molar-refractivity contribution in [3.63, 3.8) is 0 Å². The van der Waals surface area contributed by atoms with Gasteiger partial charge in [0.2, 0.25) is 0 Å². The smallest absolute Gasteiger partial charge is 0.162 e. The number of aromatic nitrogens is 2. The Hall–Kier alpha value is -0.930. The summed E-state index contributed by atoms with van der Waals surface area (Å²) in [5.74, 6) is 1.31. The molecule has 0 saturated carbocycles. The highest BCUT2D eigenvalue weighted by atomic mass is 35.5. The molecule has 0 aliphatic heterocycles. The fraction of sp³-hybridized carbons (Fsp3) is 0.385. The van der Waals surface area contributed by atoms with Gasteiger partial charge in [0.1, 0.15) is 5.15 Å². The minimum absolute atomic E-state index is 0.524. The molecule has 0 amide bonds. The summed E-state index contributed by atoms with van der Waals surface area (Å²) in [6.07, 6.45) is 0.929. The van der Waals surface area contributed by atoms with Crippen molar-refractivity contribution in [3.05, 3.63) is 33.2 Å². The van der Waals surface area contributed by atoms with Crippen LogP contribution < -0.4 is 0 Å². The Morgan fingerprint density at radius 3 is 2.65 bits per heavy atom. The lowest BCUT2D eigenvalue weighted by molar-refractivity contribution is 0.634. The van der Waals surface area contributed by atoms with Crippen molar-refractivity contribution in [1.82, 2.24) is 9.97 Å². The molecule has 0 unspecified atom stereocenters. The van der Waals surface area contributed by atoms with Crippen LogP contribution in [-0.4, -0.2) is 9.97 Å². The highest BCUT2D eigenvalue weighted by Crippen LogP contribution is 2.25. The van der Waals surface area contributed by atoms with Crippen LogP contribution in [0, 0.1) is 12.8 Å². The largest absolute Gasteiger partial charge is 0.233 e. The molecule has 2 nitrogen and oxygen atoms in total. The van der Waals surface area contributed by atoms with E-state index in [1.807, 2.05) is 6.07 Å². The lowest BCUT2D eigenvalue weighted by Gasteiger charge is -2.07. The van der Waals surface area contributed by atoms with E-state index in [9.17, 15) is 0 Å². The second kappa shape index (κ2) is 5.15. The molecule has 0 radical (unpaired) electrons. The molecule has 4 heteroatoms. The molecule has 2 heterocycles. The van der Waals surface area contributed by atoms with Gasteiger partial charge in [0.05, 0.1) is 0 Å². The van der Waals surface area contributed by atoms with Crippen LogP contribution in [-0.2, 0) is 6.42 Å². The SMILES string of the molecule is Cc1cscc1-c1nc(Cl)cc(CC(C)C)n1.